The van der Waals surface area contributed by atoms with Crippen molar-refractivity contribution in [1.82, 2.24) is 14.7 Å². The maximum absolute atomic E-state index is 11.8. The normalized spacial score (nSPS) is 9.94. The number of rotatable bonds is 3. The number of nitrogen functional groups attached to an aromatic ring is 1. The van der Waals surface area contributed by atoms with Gasteiger partial charge in [-0.05, 0) is 0 Å². The predicted molar refractivity (Wildman–Crippen MR) is 56.6 cm³/mol. The Morgan fingerprint density at radius 3 is 2.69 bits per heavy atom. The van der Waals surface area contributed by atoms with Gasteiger partial charge in [-0.2, -0.15) is 5.10 Å². The molecular formula is C9H14N4O3. The highest BCUT2D eigenvalue weighted by Gasteiger charge is 2.19. The van der Waals surface area contributed by atoms with Gasteiger partial charge in [0.25, 0.3) is 5.91 Å². The van der Waals surface area contributed by atoms with Crippen molar-refractivity contribution in [3.05, 3.63) is 11.8 Å². The number of likely N-dealkylation sites (N-methyl/N-ethyl adjacent to an activating group) is 1. The van der Waals surface area contributed by atoms with Crippen molar-refractivity contribution in [2.24, 2.45) is 7.05 Å². The molecule has 1 heterocycles. The largest absolute Gasteiger partial charge is 0.468 e. The first kappa shape index (κ1) is 12.0. The average molecular weight is 226 g/mol. The molecular weight excluding hydrogens is 212 g/mol. The van der Waals surface area contributed by atoms with Crippen molar-refractivity contribution in [3.63, 3.8) is 0 Å². The smallest absolute Gasteiger partial charge is 0.325 e. The lowest BCUT2D eigenvalue weighted by atomic mass is 10.3. The minimum absolute atomic E-state index is 0.121. The lowest BCUT2D eigenvalue weighted by Crippen LogP contribution is -2.32. The number of esters is 1. The van der Waals surface area contributed by atoms with Gasteiger partial charge in [0.2, 0.25) is 0 Å². The molecule has 0 aliphatic heterocycles. The number of nitrogens with two attached hydrogens (primary N) is 1. The van der Waals surface area contributed by atoms with E-state index in [1.807, 2.05) is 0 Å². The summed E-state index contributed by atoms with van der Waals surface area (Å²) in [5.74, 6) is -0.587. The topological polar surface area (TPSA) is 90.5 Å². The molecule has 0 bridgehead atoms. The number of methoxy groups -OCH3 is 1. The number of carbonyl (C=O) groups is 2. The van der Waals surface area contributed by atoms with Gasteiger partial charge in [-0.3, -0.25) is 14.3 Å². The highest BCUT2D eigenvalue weighted by Crippen LogP contribution is 2.11. The van der Waals surface area contributed by atoms with Gasteiger partial charge in [-0.25, -0.2) is 0 Å². The van der Waals surface area contributed by atoms with E-state index in [9.17, 15) is 9.59 Å². The quantitative estimate of drug-likeness (QED) is 0.685. The Bertz CT molecular complexity index is 413. The van der Waals surface area contributed by atoms with Gasteiger partial charge >= 0.3 is 5.97 Å². The van der Waals surface area contributed by atoms with Crippen LogP contribution in [-0.4, -0.2) is 47.3 Å². The van der Waals surface area contributed by atoms with E-state index in [1.165, 1.54) is 29.9 Å². The minimum Gasteiger partial charge on any atom is -0.468 e. The Kier molecular flexibility index (Phi) is 3.49. The molecule has 1 aromatic heterocycles. The number of ether oxygens (including phenoxy) is 1. The van der Waals surface area contributed by atoms with Crippen molar-refractivity contribution < 1.29 is 14.3 Å². The summed E-state index contributed by atoms with van der Waals surface area (Å²) in [6.07, 6.45) is 1.37. The monoisotopic (exact) mass is 226 g/mol. The molecule has 0 atom stereocenters. The van der Waals surface area contributed by atoms with Gasteiger partial charge < -0.3 is 15.4 Å². The summed E-state index contributed by atoms with van der Waals surface area (Å²) in [6, 6.07) is 0. The van der Waals surface area contributed by atoms with E-state index in [1.54, 1.807) is 7.05 Å². The first-order valence-corrected chi connectivity index (χ1v) is 4.57. The van der Waals surface area contributed by atoms with Crippen molar-refractivity contribution in [2.45, 2.75) is 0 Å². The van der Waals surface area contributed by atoms with Crippen LogP contribution in [0.4, 0.5) is 5.82 Å². The maximum Gasteiger partial charge on any atom is 0.325 e. The molecule has 2 N–H and O–H groups in total. The second-order valence-electron chi connectivity index (χ2n) is 3.30. The van der Waals surface area contributed by atoms with Gasteiger partial charge in [0.1, 0.15) is 17.9 Å². The lowest BCUT2D eigenvalue weighted by molar-refractivity contribution is -0.141. The van der Waals surface area contributed by atoms with Crippen LogP contribution in [0.2, 0.25) is 0 Å². The Balaban J connectivity index is 2.78. The molecule has 16 heavy (non-hydrogen) atoms. The summed E-state index contributed by atoms with van der Waals surface area (Å²) in [7, 11) is 4.39. The summed E-state index contributed by atoms with van der Waals surface area (Å²) in [5.41, 5.74) is 5.91. The van der Waals surface area contributed by atoms with E-state index in [0.29, 0.717) is 0 Å². The highest BCUT2D eigenvalue weighted by atomic mass is 16.5. The number of nitrogens with zero attached hydrogens (tertiary/aromatic N) is 3. The van der Waals surface area contributed by atoms with Crippen LogP contribution in [0.1, 0.15) is 10.4 Å². The Hall–Kier alpha value is -2.05. The third-order valence-electron chi connectivity index (χ3n) is 2.16. The standard InChI is InChI=1S/C9H14N4O3/c1-12(5-7(14)16-3)9(15)6-4-11-13(2)8(6)10/h4H,5,10H2,1-3H3. The first-order valence-electron chi connectivity index (χ1n) is 4.57. The van der Waals surface area contributed by atoms with Gasteiger partial charge in [0.05, 0.1) is 13.3 Å². The molecule has 0 aliphatic rings. The van der Waals surface area contributed by atoms with Gasteiger partial charge in [0, 0.05) is 14.1 Å². The molecule has 0 aliphatic carbocycles. The zero-order chi connectivity index (χ0) is 12.3. The number of aryl methyl sites for hydroxylation is 1. The zero-order valence-corrected chi connectivity index (χ0v) is 9.43. The molecule has 0 fully saturated rings. The molecule has 1 aromatic rings. The third-order valence-corrected chi connectivity index (χ3v) is 2.16. The van der Waals surface area contributed by atoms with Gasteiger partial charge in [-0.15, -0.1) is 0 Å². The summed E-state index contributed by atoms with van der Waals surface area (Å²) in [6.45, 7) is -0.121. The van der Waals surface area contributed by atoms with E-state index < -0.39 is 5.97 Å². The maximum atomic E-state index is 11.8. The molecule has 0 radical (unpaired) electrons. The Labute approximate surface area is 92.8 Å². The van der Waals surface area contributed by atoms with Crippen LogP contribution in [0, 0.1) is 0 Å². The molecule has 1 rings (SSSR count). The summed E-state index contributed by atoms with van der Waals surface area (Å²) >= 11 is 0. The molecule has 0 spiro atoms. The molecule has 1 amide bonds. The lowest BCUT2D eigenvalue weighted by Gasteiger charge is -2.14. The number of hydrogen-bond acceptors (Lipinski definition) is 5. The van der Waals surface area contributed by atoms with Crippen LogP contribution in [0.3, 0.4) is 0 Å². The van der Waals surface area contributed by atoms with Crippen molar-refractivity contribution in [3.8, 4) is 0 Å². The second kappa shape index (κ2) is 4.65. The van der Waals surface area contributed by atoms with Crippen LogP contribution in [0.15, 0.2) is 6.20 Å². The number of carbonyl (C=O) groups excluding carboxylic acids is 2. The van der Waals surface area contributed by atoms with Crippen molar-refractivity contribution in [2.75, 3.05) is 26.4 Å². The number of aromatic nitrogens is 2. The molecule has 7 nitrogen and oxygen atoms in total. The van der Waals surface area contributed by atoms with Crippen LogP contribution in [0.25, 0.3) is 0 Å². The second-order valence-corrected chi connectivity index (χ2v) is 3.30. The minimum atomic E-state index is -0.488. The van der Waals surface area contributed by atoms with Crippen LogP contribution in [0.5, 0.6) is 0 Å². The van der Waals surface area contributed by atoms with E-state index >= 15 is 0 Å². The summed E-state index contributed by atoms with van der Waals surface area (Å²) in [4.78, 5) is 24.0. The molecule has 0 aromatic carbocycles. The van der Waals surface area contributed by atoms with E-state index in [-0.39, 0.29) is 23.8 Å². The van der Waals surface area contributed by atoms with Crippen molar-refractivity contribution >= 4 is 17.7 Å². The Morgan fingerprint density at radius 2 is 2.25 bits per heavy atom. The predicted octanol–water partition coefficient (Wildman–Crippen LogP) is -0.753. The zero-order valence-electron chi connectivity index (χ0n) is 9.43. The fraction of sp³-hybridized carbons (Fsp3) is 0.444. The van der Waals surface area contributed by atoms with Crippen LogP contribution in [-0.2, 0) is 16.6 Å². The SMILES string of the molecule is COC(=O)CN(C)C(=O)c1cnn(C)c1N. The van der Waals surface area contributed by atoms with E-state index in [2.05, 4.69) is 9.84 Å². The first-order chi connectivity index (χ1) is 7.47. The van der Waals surface area contributed by atoms with Crippen molar-refractivity contribution in [1.29, 1.82) is 0 Å². The number of hydrogen-bond donors (Lipinski definition) is 1. The molecule has 88 valence electrons. The van der Waals surface area contributed by atoms with Crippen LogP contribution >= 0.6 is 0 Å². The Morgan fingerprint density at radius 1 is 1.62 bits per heavy atom. The van der Waals surface area contributed by atoms with Gasteiger partial charge in [0.15, 0.2) is 0 Å². The third kappa shape index (κ3) is 2.30. The molecule has 0 saturated carbocycles. The highest BCUT2D eigenvalue weighted by molar-refractivity contribution is 5.99. The van der Waals surface area contributed by atoms with Gasteiger partial charge in [-0.1, -0.05) is 0 Å². The number of anilines is 1. The fourth-order valence-electron chi connectivity index (χ4n) is 1.15. The van der Waals surface area contributed by atoms with Crippen LogP contribution < -0.4 is 5.73 Å². The number of amides is 1. The summed E-state index contributed by atoms with van der Waals surface area (Å²) in [5, 5.41) is 3.85. The average Bonchev–Trinajstić information content (AvgIpc) is 2.58. The molecule has 7 heteroatoms. The van der Waals surface area contributed by atoms with E-state index in [0.717, 1.165) is 0 Å². The fourth-order valence-corrected chi connectivity index (χ4v) is 1.15. The van der Waals surface area contributed by atoms with E-state index in [4.69, 9.17) is 5.73 Å². The summed E-state index contributed by atoms with van der Waals surface area (Å²) < 4.78 is 5.85. The molecule has 0 saturated heterocycles. The molecule has 0 unspecified atom stereocenters.